The molecule has 0 radical (unpaired) electrons. The Bertz CT molecular complexity index is 1200. The molecule has 0 saturated carbocycles. The van der Waals surface area contributed by atoms with E-state index < -0.39 is 11.4 Å². The van der Waals surface area contributed by atoms with E-state index in [1.54, 1.807) is 38.1 Å². The number of carbonyl (C=O) groups excluding carboxylic acids is 2. The lowest BCUT2D eigenvalue weighted by Gasteiger charge is -2.18. The molecule has 164 valence electrons. The van der Waals surface area contributed by atoms with E-state index in [0.717, 1.165) is 11.3 Å². The van der Waals surface area contributed by atoms with E-state index in [1.165, 1.54) is 10.8 Å². The summed E-state index contributed by atoms with van der Waals surface area (Å²) in [5.41, 5.74) is 0.251. The number of anilines is 2. The lowest BCUT2D eigenvalue weighted by molar-refractivity contribution is -0.136. The Hall–Kier alpha value is -3.38. The molecule has 2 rings (SSSR count). The van der Waals surface area contributed by atoms with Crippen LogP contribution in [0.3, 0.4) is 0 Å². The monoisotopic (exact) mass is 442 g/mol. The second kappa shape index (κ2) is 10.1. The summed E-state index contributed by atoms with van der Waals surface area (Å²) in [6, 6.07) is 8.94. The summed E-state index contributed by atoms with van der Waals surface area (Å²) in [7, 11) is 0. The predicted octanol–water partition coefficient (Wildman–Crippen LogP) is 2.00. The highest BCUT2D eigenvalue weighted by Crippen LogP contribution is 2.20. The largest absolute Gasteiger partial charge is 0.462 e. The van der Waals surface area contributed by atoms with Crippen LogP contribution in [0.15, 0.2) is 29.1 Å². The molecule has 0 aliphatic heterocycles. The molecule has 0 aliphatic carbocycles. The van der Waals surface area contributed by atoms with E-state index >= 15 is 0 Å². The third kappa shape index (κ3) is 5.83. The van der Waals surface area contributed by atoms with Crippen molar-refractivity contribution < 1.29 is 14.3 Å². The Morgan fingerprint density at radius 2 is 1.94 bits per heavy atom. The van der Waals surface area contributed by atoms with Gasteiger partial charge in [-0.1, -0.05) is 26.8 Å². The summed E-state index contributed by atoms with van der Waals surface area (Å²) < 4.78 is 6.89. The van der Waals surface area contributed by atoms with Gasteiger partial charge in [-0.3, -0.25) is 14.2 Å². The first-order valence-electron chi connectivity index (χ1n) is 9.81. The molecule has 1 amide bonds. The van der Waals surface area contributed by atoms with E-state index in [-0.39, 0.29) is 28.3 Å². The second-order valence-electron chi connectivity index (χ2n) is 7.60. The minimum Gasteiger partial charge on any atom is -0.462 e. The van der Waals surface area contributed by atoms with Crippen molar-refractivity contribution in [3.8, 4) is 6.07 Å². The fourth-order valence-corrected chi connectivity index (χ4v) is 3.61. The Morgan fingerprint density at radius 1 is 1.26 bits per heavy atom. The first kappa shape index (κ1) is 23.9. The fraction of sp³-hybridized carbons (Fsp3) is 0.364. The Kier molecular flexibility index (Phi) is 7.78. The molecule has 9 heteroatoms. The molecular weight excluding hydrogens is 416 g/mol. The number of carbonyl (C=O) groups is 2. The maximum Gasteiger partial charge on any atom is 0.351 e. The van der Waals surface area contributed by atoms with Gasteiger partial charge in [0, 0.05) is 29.5 Å². The highest BCUT2D eigenvalue weighted by Gasteiger charge is 2.21. The van der Waals surface area contributed by atoms with Crippen molar-refractivity contribution in [1.29, 1.82) is 5.26 Å². The van der Waals surface area contributed by atoms with Gasteiger partial charge in [0.05, 0.1) is 6.61 Å². The van der Waals surface area contributed by atoms with Crippen LogP contribution >= 0.6 is 11.3 Å². The number of nitrogens with zero attached hydrogens (tertiary/aromatic N) is 2. The highest BCUT2D eigenvalue weighted by molar-refractivity contribution is 7.07. The van der Waals surface area contributed by atoms with Crippen molar-refractivity contribution in [2.75, 3.05) is 17.2 Å². The molecule has 8 nitrogen and oxygen atoms in total. The molecular formula is C22H26N4O4S. The van der Waals surface area contributed by atoms with Crippen LogP contribution in [0, 0.1) is 16.7 Å². The summed E-state index contributed by atoms with van der Waals surface area (Å²) in [6.45, 7) is 9.33. The summed E-state index contributed by atoms with van der Waals surface area (Å²) >= 11 is 1.04. The number of aromatic nitrogens is 1. The summed E-state index contributed by atoms with van der Waals surface area (Å²) in [6.07, 6.45) is 1.52. The van der Waals surface area contributed by atoms with Crippen LogP contribution in [-0.2, 0) is 20.9 Å². The number of thiazole rings is 1. The first-order chi connectivity index (χ1) is 14.6. The summed E-state index contributed by atoms with van der Waals surface area (Å²) in [5, 5.41) is 15.3. The standard InChI is InChI=1S/C22H26N4O4S/c1-6-26-18(27)17(31-19(26)16(12-23)20(28)30-7-2)13-24-14-9-8-10-15(11-14)25-21(29)22(3,4)5/h8-11,13,24H,6-7H2,1-5H3,(H,25,29). The minimum atomic E-state index is -0.754. The molecule has 0 unspecified atom stereocenters. The number of nitrogens with one attached hydrogen (secondary N) is 2. The number of benzene rings is 1. The van der Waals surface area contributed by atoms with Crippen LogP contribution < -0.4 is 25.4 Å². The number of esters is 1. The third-order valence-corrected chi connectivity index (χ3v) is 5.33. The van der Waals surface area contributed by atoms with Crippen molar-refractivity contribution in [2.45, 2.75) is 41.2 Å². The topological polar surface area (TPSA) is 113 Å². The smallest absolute Gasteiger partial charge is 0.351 e. The average Bonchev–Trinajstić information content (AvgIpc) is 3.02. The number of amides is 1. The average molecular weight is 443 g/mol. The van der Waals surface area contributed by atoms with Gasteiger partial charge >= 0.3 is 5.97 Å². The zero-order valence-electron chi connectivity index (χ0n) is 18.2. The quantitative estimate of drug-likeness (QED) is 0.662. The molecule has 1 aromatic heterocycles. The predicted molar refractivity (Wildman–Crippen MR) is 122 cm³/mol. The summed E-state index contributed by atoms with van der Waals surface area (Å²) in [5.74, 6) is -0.865. The van der Waals surface area contributed by atoms with Gasteiger partial charge in [-0.15, -0.1) is 11.3 Å². The lowest BCUT2D eigenvalue weighted by Crippen LogP contribution is -2.32. The van der Waals surface area contributed by atoms with Crippen LogP contribution in [0.25, 0.3) is 11.8 Å². The van der Waals surface area contributed by atoms with E-state index in [9.17, 15) is 19.6 Å². The van der Waals surface area contributed by atoms with Crippen molar-refractivity contribution >= 4 is 46.4 Å². The number of rotatable bonds is 6. The van der Waals surface area contributed by atoms with Crippen LogP contribution in [0.5, 0.6) is 0 Å². The van der Waals surface area contributed by atoms with Gasteiger partial charge in [-0.2, -0.15) is 5.26 Å². The molecule has 2 aromatic rings. The van der Waals surface area contributed by atoms with Crippen molar-refractivity contribution in [3.63, 3.8) is 0 Å². The van der Waals surface area contributed by atoms with Gasteiger partial charge in [0.2, 0.25) is 5.91 Å². The molecule has 0 bridgehead atoms. The van der Waals surface area contributed by atoms with Gasteiger partial charge in [-0.25, -0.2) is 4.79 Å². The van der Waals surface area contributed by atoms with Gasteiger partial charge in [0.15, 0.2) is 5.57 Å². The molecule has 31 heavy (non-hydrogen) atoms. The van der Waals surface area contributed by atoms with Crippen LogP contribution in [-0.4, -0.2) is 23.1 Å². The second-order valence-corrected chi connectivity index (χ2v) is 8.63. The molecule has 0 atom stereocenters. The molecule has 0 spiro atoms. The SMILES string of the molecule is CCOC(=O)C(C#N)=c1sc(=CNc2cccc(NC(=O)C(C)(C)C)c2)c(=O)n1CC. The zero-order chi connectivity index (χ0) is 23.2. The zero-order valence-corrected chi connectivity index (χ0v) is 19.1. The van der Waals surface area contributed by atoms with Crippen LogP contribution in [0.4, 0.5) is 11.4 Å². The van der Waals surface area contributed by atoms with Crippen molar-refractivity contribution in [1.82, 2.24) is 4.57 Å². The van der Waals surface area contributed by atoms with Crippen molar-refractivity contribution in [2.24, 2.45) is 5.41 Å². The van der Waals surface area contributed by atoms with E-state index in [0.29, 0.717) is 22.5 Å². The van der Waals surface area contributed by atoms with Crippen molar-refractivity contribution in [3.05, 3.63) is 43.8 Å². The number of hydrogen-bond acceptors (Lipinski definition) is 7. The van der Waals surface area contributed by atoms with Crippen LogP contribution in [0.2, 0.25) is 0 Å². The Balaban J connectivity index is 2.43. The maximum atomic E-state index is 12.7. The Labute approximate surface area is 184 Å². The molecule has 1 heterocycles. The van der Waals surface area contributed by atoms with Gasteiger partial charge in [-0.05, 0) is 32.0 Å². The maximum absolute atomic E-state index is 12.7. The van der Waals surface area contributed by atoms with Crippen LogP contribution in [0.1, 0.15) is 34.6 Å². The first-order valence-corrected chi connectivity index (χ1v) is 10.6. The highest BCUT2D eigenvalue weighted by atomic mass is 32.1. The lowest BCUT2D eigenvalue weighted by atomic mass is 9.95. The molecule has 0 aliphatic rings. The molecule has 2 N–H and O–H groups in total. The Morgan fingerprint density at radius 3 is 2.52 bits per heavy atom. The summed E-state index contributed by atoms with van der Waals surface area (Å²) in [4.78, 5) is 37.0. The van der Waals surface area contributed by atoms with E-state index in [4.69, 9.17) is 4.74 Å². The molecule has 1 aromatic carbocycles. The van der Waals surface area contributed by atoms with E-state index in [1.807, 2.05) is 26.8 Å². The fourth-order valence-electron chi connectivity index (χ4n) is 2.53. The number of hydrogen-bond donors (Lipinski definition) is 2. The third-order valence-electron chi connectivity index (χ3n) is 4.20. The molecule has 0 fully saturated rings. The normalized spacial score (nSPS) is 12.7. The van der Waals surface area contributed by atoms with Gasteiger partial charge < -0.3 is 15.4 Å². The van der Waals surface area contributed by atoms with E-state index in [2.05, 4.69) is 10.6 Å². The van der Waals surface area contributed by atoms with Gasteiger partial charge in [0.1, 0.15) is 15.3 Å². The number of ether oxygens (including phenoxy) is 1. The number of nitriles is 1. The minimum absolute atomic E-state index is 0.110. The van der Waals surface area contributed by atoms with Gasteiger partial charge in [0.25, 0.3) is 5.56 Å². The molecule has 0 saturated heterocycles.